The first kappa shape index (κ1) is 16.5. The second-order valence-electron chi connectivity index (χ2n) is 3.45. The minimum Gasteiger partial charge on any atom is -0.315 e. The maximum absolute atomic E-state index is 4.12. The van der Waals surface area contributed by atoms with E-state index in [1.807, 2.05) is 0 Å². The van der Waals surface area contributed by atoms with E-state index in [1.165, 1.54) is 0 Å². The van der Waals surface area contributed by atoms with Gasteiger partial charge in [-0.15, -0.1) is 0 Å². The molecule has 16 heavy (non-hydrogen) atoms. The molecule has 0 rings (SSSR count). The van der Waals surface area contributed by atoms with Crippen molar-refractivity contribution in [2.75, 3.05) is 63.9 Å². The van der Waals surface area contributed by atoms with Crippen molar-refractivity contribution in [1.29, 1.82) is 0 Å². The molecule has 0 aliphatic carbocycles. The summed E-state index contributed by atoms with van der Waals surface area (Å²) >= 11 is 8.25. The van der Waals surface area contributed by atoms with Crippen LogP contribution >= 0.6 is 25.3 Å². The van der Waals surface area contributed by atoms with Gasteiger partial charge in [-0.25, -0.2) is 0 Å². The molecule has 4 nitrogen and oxygen atoms in total. The molecule has 0 saturated heterocycles. The molecular weight excluding hydrogens is 240 g/mol. The molecule has 0 radical (unpaired) electrons. The van der Waals surface area contributed by atoms with E-state index < -0.39 is 0 Å². The van der Waals surface area contributed by atoms with Crippen LogP contribution in [0.25, 0.3) is 0 Å². The maximum Gasteiger partial charge on any atom is 0.00772 e. The van der Waals surface area contributed by atoms with Crippen molar-refractivity contribution in [3.63, 3.8) is 0 Å². The summed E-state index contributed by atoms with van der Waals surface area (Å²) in [6.07, 6.45) is 0. The summed E-state index contributed by atoms with van der Waals surface area (Å²) in [4.78, 5) is 0. The van der Waals surface area contributed by atoms with E-state index in [-0.39, 0.29) is 0 Å². The van der Waals surface area contributed by atoms with Crippen molar-refractivity contribution >= 4 is 25.3 Å². The van der Waals surface area contributed by atoms with E-state index in [0.717, 1.165) is 63.9 Å². The average Bonchev–Trinajstić information content (AvgIpc) is 2.31. The fourth-order valence-electron chi connectivity index (χ4n) is 1.19. The standard InChI is InChI=1S/C10H26N4S2/c15-9-7-13-5-3-11-1-2-12-4-6-14-8-10-16/h11-16H,1-10H2. The summed E-state index contributed by atoms with van der Waals surface area (Å²) in [5, 5.41) is 13.3. The highest BCUT2D eigenvalue weighted by molar-refractivity contribution is 7.80. The average molecular weight is 266 g/mol. The van der Waals surface area contributed by atoms with Gasteiger partial charge in [-0.2, -0.15) is 25.3 Å². The molecule has 0 aliphatic rings. The third-order valence-electron chi connectivity index (χ3n) is 2.01. The van der Waals surface area contributed by atoms with Crippen LogP contribution in [0.1, 0.15) is 0 Å². The third-order valence-corrected chi connectivity index (χ3v) is 2.46. The minimum atomic E-state index is 0.904. The van der Waals surface area contributed by atoms with E-state index in [1.54, 1.807) is 0 Å². The molecule has 0 aliphatic heterocycles. The Balaban J connectivity index is 2.83. The molecule has 6 heteroatoms. The van der Waals surface area contributed by atoms with Crippen molar-refractivity contribution in [2.24, 2.45) is 0 Å². The van der Waals surface area contributed by atoms with Gasteiger partial charge in [0.2, 0.25) is 0 Å². The van der Waals surface area contributed by atoms with Gasteiger partial charge >= 0.3 is 0 Å². The molecule has 0 spiro atoms. The lowest BCUT2D eigenvalue weighted by atomic mass is 10.5. The monoisotopic (exact) mass is 266 g/mol. The van der Waals surface area contributed by atoms with Crippen LogP contribution in [0, 0.1) is 0 Å². The van der Waals surface area contributed by atoms with Gasteiger partial charge in [0.15, 0.2) is 0 Å². The van der Waals surface area contributed by atoms with Gasteiger partial charge in [0.25, 0.3) is 0 Å². The normalized spacial score (nSPS) is 10.9. The molecule has 0 aromatic heterocycles. The number of rotatable bonds is 13. The van der Waals surface area contributed by atoms with Crippen molar-refractivity contribution in [3.8, 4) is 0 Å². The Morgan fingerprint density at radius 3 is 0.938 bits per heavy atom. The largest absolute Gasteiger partial charge is 0.315 e. The van der Waals surface area contributed by atoms with E-state index in [0.29, 0.717) is 0 Å². The summed E-state index contributed by atoms with van der Waals surface area (Å²) < 4.78 is 0. The molecule has 0 unspecified atom stereocenters. The van der Waals surface area contributed by atoms with Crippen molar-refractivity contribution in [2.45, 2.75) is 0 Å². The van der Waals surface area contributed by atoms with Crippen molar-refractivity contribution < 1.29 is 0 Å². The molecule has 4 N–H and O–H groups in total. The van der Waals surface area contributed by atoms with E-state index in [2.05, 4.69) is 46.5 Å². The third kappa shape index (κ3) is 14.5. The Bertz CT molecular complexity index is 113. The highest BCUT2D eigenvalue weighted by Gasteiger charge is 1.89. The Hall–Kier alpha value is 0.540. The lowest BCUT2D eigenvalue weighted by Gasteiger charge is -2.07. The molecule has 0 heterocycles. The molecule has 0 fully saturated rings. The highest BCUT2D eigenvalue weighted by atomic mass is 32.1. The molecule has 0 aromatic carbocycles. The molecule has 0 bridgehead atoms. The fourth-order valence-corrected chi connectivity index (χ4v) is 1.50. The Kier molecular flexibility index (Phi) is 16.1. The van der Waals surface area contributed by atoms with Crippen molar-refractivity contribution in [1.82, 2.24) is 21.3 Å². The van der Waals surface area contributed by atoms with Gasteiger partial charge in [-0.05, 0) is 0 Å². The van der Waals surface area contributed by atoms with Gasteiger partial charge in [-0.3, -0.25) is 0 Å². The predicted octanol–water partition coefficient (Wildman–Crippen LogP) is -0.796. The molecule has 0 aromatic rings. The van der Waals surface area contributed by atoms with Gasteiger partial charge in [0.1, 0.15) is 0 Å². The van der Waals surface area contributed by atoms with E-state index >= 15 is 0 Å². The quantitative estimate of drug-likeness (QED) is 0.195. The van der Waals surface area contributed by atoms with Crippen LogP contribution in [-0.2, 0) is 0 Å². The first-order valence-corrected chi connectivity index (χ1v) is 7.23. The van der Waals surface area contributed by atoms with Crippen LogP contribution in [0.5, 0.6) is 0 Å². The smallest absolute Gasteiger partial charge is 0.00772 e. The number of thiol groups is 2. The minimum absolute atomic E-state index is 0.904. The van der Waals surface area contributed by atoms with Gasteiger partial charge in [0.05, 0.1) is 0 Å². The zero-order valence-corrected chi connectivity index (χ0v) is 11.8. The highest BCUT2D eigenvalue weighted by Crippen LogP contribution is 1.68. The molecular formula is C10H26N4S2. The second-order valence-corrected chi connectivity index (χ2v) is 4.34. The fraction of sp³-hybridized carbons (Fsp3) is 1.00. The molecule has 98 valence electrons. The lowest BCUT2D eigenvalue weighted by molar-refractivity contribution is 0.576. The topological polar surface area (TPSA) is 48.1 Å². The first-order chi connectivity index (χ1) is 7.91. The summed E-state index contributed by atoms with van der Waals surface area (Å²) in [7, 11) is 0. The summed E-state index contributed by atoms with van der Waals surface area (Å²) in [6, 6.07) is 0. The summed E-state index contributed by atoms with van der Waals surface area (Å²) in [5.74, 6) is 1.81. The second kappa shape index (κ2) is 15.5. The number of hydrogen-bond donors (Lipinski definition) is 6. The van der Waals surface area contributed by atoms with E-state index in [9.17, 15) is 0 Å². The lowest BCUT2D eigenvalue weighted by Crippen LogP contribution is -2.35. The summed E-state index contributed by atoms with van der Waals surface area (Å²) in [6.45, 7) is 8.10. The summed E-state index contributed by atoms with van der Waals surface area (Å²) in [5.41, 5.74) is 0. The SMILES string of the molecule is SCCNCCNCCNCCNCCS. The van der Waals surface area contributed by atoms with Crippen LogP contribution in [-0.4, -0.2) is 63.9 Å². The Labute approximate surface area is 111 Å². The van der Waals surface area contributed by atoms with Gasteiger partial charge < -0.3 is 21.3 Å². The molecule has 0 atom stereocenters. The molecule has 0 saturated carbocycles. The van der Waals surface area contributed by atoms with Gasteiger partial charge in [-0.1, -0.05) is 0 Å². The van der Waals surface area contributed by atoms with Crippen LogP contribution in [0.3, 0.4) is 0 Å². The maximum atomic E-state index is 4.12. The van der Waals surface area contributed by atoms with E-state index in [4.69, 9.17) is 0 Å². The van der Waals surface area contributed by atoms with Crippen LogP contribution in [0.2, 0.25) is 0 Å². The van der Waals surface area contributed by atoms with Crippen molar-refractivity contribution in [3.05, 3.63) is 0 Å². The predicted molar refractivity (Wildman–Crippen MR) is 79.2 cm³/mol. The number of hydrogen-bond acceptors (Lipinski definition) is 6. The Morgan fingerprint density at radius 1 is 0.438 bits per heavy atom. The zero-order chi connectivity index (χ0) is 11.9. The van der Waals surface area contributed by atoms with Gasteiger partial charge in [0, 0.05) is 63.9 Å². The zero-order valence-electron chi connectivity index (χ0n) is 9.97. The molecule has 0 amide bonds. The Morgan fingerprint density at radius 2 is 0.688 bits per heavy atom. The number of nitrogens with one attached hydrogen (secondary N) is 4. The first-order valence-electron chi connectivity index (χ1n) is 5.96. The van der Waals surface area contributed by atoms with Crippen LogP contribution in [0.15, 0.2) is 0 Å². The van der Waals surface area contributed by atoms with Crippen LogP contribution in [0.4, 0.5) is 0 Å². The van der Waals surface area contributed by atoms with Crippen LogP contribution < -0.4 is 21.3 Å².